The molecule has 2 heterocycles. The zero-order valence-corrected chi connectivity index (χ0v) is 17.2. The number of likely N-dealkylation sites (tertiary alicyclic amines) is 1. The third kappa shape index (κ3) is 4.76. The lowest BCUT2D eigenvalue weighted by Gasteiger charge is -2.44. The summed E-state index contributed by atoms with van der Waals surface area (Å²) in [7, 11) is 1.71. The molecule has 2 amide bonds. The van der Waals surface area contributed by atoms with Gasteiger partial charge in [0.1, 0.15) is 5.75 Å². The van der Waals surface area contributed by atoms with Gasteiger partial charge in [-0.25, -0.2) is 0 Å². The van der Waals surface area contributed by atoms with Gasteiger partial charge in [-0.2, -0.15) is 0 Å². The Morgan fingerprint density at radius 1 is 1.11 bits per heavy atom. The molecule has 2 aliphatic heterocycles. The largest absolute Gasteiger partial charge is 0.495 e. The second kappa shape index (κ2) is 9.28. The molecular weight excluding hydrogens is 356 g/mol. The minimum absolute atomic E-state index is 0.0277. The zero-order valence-electron chi connectivity index (χ0n) is 17.2. The number of benzene rings is 1. The summed E-state index contributed by atoms with van der Waals surface area (Å²) < 4.78 is 5.49. The molecule has 0 radical (unpaired) electrons. The van der Waals surface area contributed by atoms with Crippen molar-refractivity contribution < 1.29 is 14.3 Å². The van der Waals surface area contributed by atoms with Gasteiger partial charge in [0.15, 0.2) is 0 Å². The Bertz CT molecular complexity index is 686. The van der Waals surface area contributed by atoms with Crippen LogP contribution in [-0.2, 0) is 9.59 Å². The number of piperazine rings is 1. The molecule has 7 nitrogen and oxygen atoms in total. The van der Waals surface area contributed by atoms with Crippen LogP contribution < -0.4 is 15.0 Å². The molecule has 1 N–H and O–H groups in total. The second-order valence-electron chi connectivity index (χ2n) is 7.87. The summed E-state index contributed by atoms with van der Waals surface area (Å²) >= 11 is 0. The molecule has 0 spiro atoms. The van der Waals surface area contributed by atoms with Gasteiger partial charge in [0.05, 0.1) is 12.8 Å². The molecule has 154 valence electrons. The van der Waals surface area contributed by atoms with Crippen molar-refractivity contribution in [3.8, 4) is 5.75 Å². The first kappa shape index (κ1) is 20.5. The van der Waals surface area contributed by atoms with E-state index in [0.717, 1.165) is 50.5 Å². The summed E-state index contributed by atoms with van der Waals surface area (Å²) in [5.41, 5.74) is 1.13. The summed E-state index contributed by atoms with van der Waals surface area (Å²) in [6.45, 7) is 8.79. The number of nitrogens with zero attached hydrogens (tertiary/aromatic N) is 3. The lowest BCUT2D eigenvalue weighted by molar-refractivity contribution is -0.147. The quantitative estimate of drug-likeness (QED) is 0.789. The maximum absolute atomic E-state index is 12.4. The molecule has 28 heavy (non-hydrogen) atoms. The summed E-state index contributed by atoms with van der Waals surface area (Å²) in [6, 6.07) is 8.42. The van der Waals surface area contributed by atoms with Crippen LogP contribution in [0, 0.1) is 0 Å². The van der Waals surface area contributed by atoms with Gasteiger partial charge in [-0.1, -0.05) is 12.1 Å². The highest BCUT2D eigenvalue weighted by molar-refractivity contribution is 6.35. The highest BCUT2D eigenvalue weighted by Crippen LogP contribution is 2.29. The number of piperidine rings is 1. The molecule has 0 aliphatic carbocycles. The number of carbonyl (C=O) groups is 2. The molecule has 1 aromatic rings. The van der Waals surface area contributed by atoms with Gasteiger partial charge >= 0.3 is 11.8 Å². The first-order chi connectivity index (χ1) is 13.5. The fourth-order valence-electron chi connectivity index (χ4n) is 4.12. The third-order valence-corrected chi connectivity index (χ3v) is 5.55. The van der Waals surface area contributed by atoms with Crippen molar-refractivity contribution in [3.05, 3.63) is 24.3 Å². The monoisotopic (exact) mass is 388 g/mol. The van der Waals surface area contributed by atoms with Crippen LogP contribution in [0.1, 0.15) is 26.7 Å². The van der Waals surface area contributed by atoms with Gasteiger partial charge in [-0.3, -0.25) is 14.5 Å². The molecule has 0 aromatic heterocycles. The maximum atomic E-state index is 12.4. The van der Waals surface area contributed by atoms with E-state index in [0.29, 0.717) is 19.1 Å². The fraction of sp³-hybridized carbons (Fsp3) is 0.619. The van der Waals surface area contributed by atoms with E-state index in [-0.39, 0.29) is 6.04 Å². The van der Waals surface area contributed by atoms with Crippen molar-refractivity contribution in [3.63, 3.8) is 0 Å². The van der Waals surface area contributed by atoms with Gasteiger partial charge in [0, 0.05) is 51.4 Å². The first-order valence-electron chi connectivity index (χ1n) is 10.2. The Morgan fingerprint density at radius 3 is 2.50 bits per heavy atom. The molecule has 2 aliphatic rings. The highest BCUT2D eigenvalue weighted by Gasteiger charge is 2.32. The Morgan fingerprint density at radius 2 is 1.82 bits per heavy atom. The average Bonchev–Trinajstić information content (AvgIpc) is 2.73. The molecule has 2 fully saturated rings. The summed E-state index contributed by atoms with van der Waals surface area (Å²) in [6.07, 6.45) is 2.02. The van der Waals surface area contributed by atoms with Crippen molar-refractivity contribution in [2.45, 2.75) is 38.8 Å². The lowest BCUT2D eigenvalue weighted by atomic mass is 10.0. The molecule has 0 saturated carbocycles. The standard InChI is InChI=1S/C21H32N4O3/c1-16(2)22-20(26)21(27)25-10-6-7-17(15-25)23-11-13-24(14-12-23)18-8-4-5-9-19(18)28-3/h4-5,8-9,16-17H,6-7,10-15H2,1-3H3,(H,22,26)/t17-/m0/s1. The Labute approximate surface area is 167 Å². The fourth-order valence-corrected chi connectivity index (χ4v) is 4.12. The summed E-state index contributed by atoms with van der Waals surface area (Å²) in [5.74, 6) is 0.0178. The smallest absolute Gasteiger partial charge is 0.311 e. The predicted molar refractivity (Wildman–Crippen MR) is 110 cm³/mol. The van der Waals surface area contributed by atoms with Gasteiger partial charge < -0.3 is 19.9 Å². The number of rotatable bonds is 4. The van der Waals surface area contributed by atoms with Gasteiger partial charge in [-0.15, -0.1) is 0 Å². The molecule has 0 bridgehead atoms. The summed E-state index contributed by atoms with van der Waals surface area (Å²) in [4.78, 5) is 31.0. The van der Waals surface area contributed by atoms with Crippen LogP contribution >= 0.6 is 0 Å². The second-order valence-corrected chi connectivity index (χ2v) is 7.87. The molecule has 1 aromatic carbocycles. The Hall–Kier alpha value is -2.28. The van der Waals surface area contributed by atoms with Crippen LogP contribution in [0.15, 0.2) is 24.3 Å². The van der Waals surface area contributed by atoms with E-state index in [1.807, 2.05) is 32.0 Å². The van der Waals surface area contributed by atoms with E-state index in [1.165, 1.54) is 0 Å². The Balaban J connectivity index is 1.55. The predicted octanol–water partition coefficient (Wildman–Crippen LogP) is 1.33. The number of hydrogen-bond donors (Lipinski definition) is 1. The molecule has 3 rings (SSSR count). The average molecular weight is 389 g/mol. The van der Waals surface area contributed by atoms with Crippen molar-refractivity contribution in [2.75, 3.05) is 51.3 Å². The van der Waals surface area contributed by atoms with E-state index in [2.05, 4.69) is 21.2 Å². The third-order valence-electron chi connectivity index (χ3n) is 5.55. The SMILES string of the molecule is COc1ccccc1N1CCN([C@H]2CCCN(C(=O)C(=O)NC(C)C)C2)CC1. The summed E-state index contributed by atoms with van der Waals surface area (Å²) in [5, 5.41) is 2.71. The van der Waals surface area contributed by atoms with Crippen molar-refractivity contribution >= 4 is 17.5 Å². The normalized spacial score (nSPS) is 20.9. The molecular formula is C21H32N4O3. The van der Waals surface area contributed by atoms with Crippen LogP contribution in [0.4, 0.5) is 5.69 Å². The van der Waals surface area contributed by atoms with Crippen LogP contribution in [-0.4, -0.2) is 80.1 Å². The van der Waals surface area contributed by atoms with Crippen LogP contribution in [0.25, 0.3) is 0 Å². The number of hydrogen-bond acceptors (Lipinski definition) is 5. The van der Waals surface area contributed by atoms with Crippen molar-refractivity contribution in [1.29, 1.82) is 0 Å². The van der Waals surface area contributed by atoms with Crippen molar-refractivity contribution in [1.82, 2.24) is 15.1 Å². The van der Waals surface area contributed by atoms with Gasteiger partial charge in [0.25, 0.3) is 0 Å². The lowest BCUT2D eigenvalue weighted by Crippen LogP contribution is -2.57. The van der Waals surface area contributed by atoms with E-state index in [1.54, 1.807) is 12.0 Å². The number of carbonyl (C=O) groups excluding carboxylic acids is 2. The van der Waals surface area contributed by atoms with Gasteiger partial charge in [0.2, 0.25) is 0 Å². The van der Waals surface area contributed by atoms with E-state index in [9.17, 15) is 9.59 Å². The minimum Gasteiger partial charge on any atom is -0.495 e. The number of anilines is 1. The van der Waals surface area contributed by atoms with Crippen LogP contribution in [0.3, 0.4) is 0 Å². The number of ether oxygens (including phenoxy) is 1. The number of methoxy groups -OCH3 is 1. The van der Waals surface area contributed by atoms with E-state index >= 15 is 0 Å². The van der Waals surface area contributed by atoms with Crippen LogP contribution in [0.2, 0.25) is 0 Å². The van der Waals surface area contributed by atoms with E-state index < -0.39 is 11.8 Å². The van der Waals surface area contributed by atoms with E-state index in [4.69, 9.17) is 4.74 Å². The number of amides is 2. The van der Waals surface area contributed by atoms with Crippen LogP contribution in [0.5, 0.6) is 5.75 Å². The topological polar surface area (TPSA) is 65.1 Å². The number of nitrogens with one attached hydrogen (secondary N) is 1. The van der Waals surface area contributed by atoms with Crippen molar-refractivity contribution in [2.24, 2.45) is 0 Å². The molecule has 2 saturated heterocycles. The Kier molecular flexibility index (Phi) is 6.78. The molecule has 0 unspecified atom stereocenters. The minimum atomic E-state index is -0.489. The zero-order chi connectivity index (χ0) is 20.1. The van der Waals surface area contributed by atoms with Gasteiger partial charge in [-0.05, 0) is 38.8 Å². The molecule has 7 heteroatoms. The number of para-hydroxylation sites is 2. The first-order valence-corrected chi connectivity index (χ1v) is 10.2. The highest BCUT2D eigenvalue weighted by atomic mass is 16.5. The maximum Gasteiger partial charge on any atom is 0.311 e. The molecule has 1 atom stereocenters.